The van der Waals surface area contributed by atoms with Gasteiger partial charge in [0.15, 0.2) is 5.58 Å². The van der Waals surface area contributed by atoms with E-state index in [-0.39, 0.29) is 5.82 Å². The van der Waals surface area contributed by atoms with Crippen molar-refractivity contribution in [1.82, 2.24) is 10.1 Å². The third-order valence-corrected chi connectivity index (χ3v) is 6.14. The lowest BCUT2D eigenvalue weighted by Gasteiger charge is -2.32. The zero-order valence-electron chi connectivity index (χ0n) is 18.5. The molecule has 1 fully saturated rings. The number of hydrogen-bond acceptors (Lipinski definition) is 5. The molecule has 2 aromatic carbocycles. The average molecular weight is 464 g/mol. The van der Waals surface area contributed by atoms with Gasteiger partial charge in [-0.15, -0.1) is 0 Å². The second-order valence-corrected chi connectivity index (χ2v) is 8.34. The monoisotopic (exact) mass is 464 g/mol. The van der Waals surface area contributed by atoms with Crippen LogP contribution in [0.5, 0.6) is 0 Å². The number of carboxylic acid groups (broad SMARTS) is 2. The van der Waals surface area contributed by atoms with Crippen molar-refractivity contribution in [1.29, 1.82) is 0 Å². The topological polar surface area (TPSA) is 104 Å². The van der Waals surface area contributed by atoms with E-state index in [0.717, 1.165) is 50.0 Å². The molecule has 7 nitrogen and oxygen atoms in total. The van der Waals surface area contributed by atoms with Crippen LogP contribution in [0.1, 0.15) is 42.0 Å². The van der Waals surface area contributed by atoms with Crippen molar-refractivity contribution in [2.75, 3.05) is 19.6 Å². The summed E-state index contributed by atoms with van der Waals surface area (Å²) in [6, 6.07) is 13.3. The van der Waals surface area contributed by atoms with Gasteiger partial charge in [0.1, 0.15) is 5.82 Å². The summed E-state index contributed by atoms with van der Waals surface area (Å²) < 4.78 is 18.7. The normalized spacial score (nSPS) is 15.9. The van der Waals surface area contributed by atoms with Gasteiger partial charge >= 0.3 is 11.9 Å². The van der Waals surface area contributed by atoms with Crippen molar-refractivity contribution in [2.45, 2.75) is 25.2 Å². The quantitative estimate of drug-likeness (QED) is 0.505. The fraction of sp³-hybridized carbons (Fsp3) is 0.269. The minimum Gasteiger partial charge on any atom is -0.478 e. The largest absolute Gasteiger partial charge is 0.478 e. The van der Waals surface area contributed by atoms with Crippen LogP contribution in [0, 0.1) is 5.82 Å². The van der Waals surface area contributed by atoms with Crippen molar-refractivity contribution in [3.05, 3.63) is 77.3 Å². The summed E-state index contributed by atoms with van der Waals surface area (Å²) >= 11 is 0. The molecule has 0 spiro atoms. The lowest BCUT2D eigenvalue weighted by molar-refractivity contribution is -0.134. The Balaban J connectivity index is 0.000000297. The second kappa shape index (κ2) is 10.4. The molecule has 0 saturated carbocycles. The molecule has 8 heteroatoms. The van der Waals surface area contributed by atoms with Crippen LogP contribution in [0.3, 0.4) is 0 Å². The summed E-state index contributed by atoms with van der Waals surface area (Å²) in [6.07, 6.45) is 6.70. The Morgan fingerprint density at radius 1 is 1.09 bits per heavy atom. The second-order valence-electron chi connectivity index (χ2n) is 8.34. The number of halogens is 1. The molecule has 0 radical (unpaired) electrons. The van der Waals surface area contributed by atoms with Crippen LogP contribution in [0.4, 0.5) is 4.39 Å². The Hall–Kier alpha value is -3.78. The highest BCUT2D eigenvalue weighted by molar-refractivity contribution is 5.95. The summed E-state index contributed by atoms with van der Waals surface area (Å²) in [5, 5.41) is 20.8. The number of piperidine rings is 1. The molecule has 1 aromatic heterocycles. The summed E-state index contributed by atoms with van der Waals surface area (Å²) in [5.41, 5.74) is 5.82. The van der Waals surface area contributed by atoms with Crippen LogP contribution in [0.15, 0.2) is 59.1 Å². The van der Waals surface area contributed by atoms with E-state index < -0.39 is 11.9 Å². The molecule has 176 valence electrons. The highest BCUT2D eigenvalue weighted by Crippen LogP contribution is 2.36. The van der Waals surface area contributed by atoms with Gasteiger partial charge in [0.05, 0.1) is 5.69 Å². The minimum absolute atomic E-state index is 0.276. The maximum atomic E-state index is 13.3. The van der Waals surface area contributed by atoms with Crippen LogP contribution < -0.4 is 0 Å². The van der Waals surface area contributed by atoms with Gasteiger partial charge in [0.25, 0.3) is 0 Å². The third kappa shape index (κ3) is 5.58. The van der Waals surface area contributed by atoms with Crippen LogP contribution >= 0.6 is 0 Å². The van der Waals surface area contributed by atoms with E-state index in [1.165, 1.54) is 28.8 Å². The predicted molar refractivity (Wildman–Crippen MR) is 126 cm³/mol. The SMILES string of the molecule is Fc1ccc2c(C3CCN(CCC4=Cc5ccccc54)CC3)noc2c1.O=C(O)C=CC(=O)O. The smallest absolute Gasteiger partial charge is 0.328 e. The van der Waals surface area contributed by atoms with Gasteiger partial charge in [-0.2, -0.15) is 0 Å². The van der Waals surface area contributed by atoms with Crippen molar-refractivity contribution < 1.29 is 28.7 Å². The number of rotatable bonds is 6. The molecule has 2 N–H and O–H groups in total. The van der Waals surface area contributed by atoms with Gasteiger partial charge < -0.3 is 19.6 Å². The number of likely N-dealkylation sites (tertiary alicyclic amines) is 1. The fourth-order valence-electron chi connectivity index (χ4n) is 4.39. The van der Waals surface area contributed by atoms with Gasteiger partial charge in [-0.1, -0.05) is 35.5 Å². The molecule has 0 unspecified atom stereocenters. The number of carboxylic acids is 2. The Morgan fingerprint density at radius 2 is 1.79 bits per heavy atom. The first kappa shape index (κ1) is 23.4. The Labute approximate surface area is 195 Å². The molecule has 0 atom stereocenters. The maximum Gasteiger partial charge on any atom is 0.328 e. The zero-order valence-corrected chi connectivity index (χ0v) is 18.5. The van der Waals surface area contributed by atoms with Crippen LogP contribution in [-0.2, 0) is 9.59 Å². The van der Waals surface area contributed by atoms with Crippen molar-refractivity contribution in [3.63, 3.8) is 0 Å². The van der Waals surface area contributed by atoms with Crippen LogP contribution in [0.2, 0.25) is 0 Å². The zero-order chi connectivity index (χ0) is 24.1. The first-order chi connectivity index (χ1) is 16.4. The van der Waals surface area contributed by atoms with E-state index in [4.69, 9.17) is 14.7 Å². The van der Waals surface area contributed by atoms with E-state index in [2.05, 4.69) is 40.4 Å². The number of hydrogen-bond donors (Lipinski definition) is 2. The summed E-state index contributed by atoms with van der Waals surface area (Å²) in [6.45, 7) is 3.27. The predicted octanol–water partition coefficient (Wildman–Crippen LogP) is 4.80. The number of carbonyl (C=O) groups is 2. The fourth-order valence-corrected chi connectivity index (χ4v) is 4.39. The maximum absolute atomic E-state index is 13.3. The summed E-state index contributed by atoms with van der Waals surface area (Å²) in [4.78, 5) is 21.6. The first-order valence-electron chi connectivity index (χ1n) is 11.1. The van der Waals surface area contributed by atoms with Gasteiger partial charge in [-0.25, -0.2) is 14.0 Å². The molecule has 2 aliphatic rings. The standard InChI is InChI=1S/C22H21FN2O.C4H4O4/c23-18-5-6-20-21(14-18)26-24-22(20)15-7-10-25(11-8-15)12-9-17-13-16-3-1-2-4-19(16)17;5-3(6)1-2-4(7)8/h1-6,13-15H,7-12H2;1-2H,(H,5,6)(H,7,8). The molecule has 1 aliphatic carbocycles. The molecular formula is C26H25FN2O5. The summed E-state index contributed by atoms with van der Waals surface area (Å²) in [7, 11) is 0. The number of benzene rings is 2. The van der Waals surface area contributed by atoms with Gasteiger partial charge in [-0.3, -0.25) is 0 Å². The highest BCUT2D eigenvalue weighted by Gasteiger charge is 2.25. The third-order valence-electron chi connectivity index (χ3n) is 6.14. The Bertz CT molecular complexity index is 1240. The molecule has 1 saturated heterocycles. The van der Waals surface area contributed by atoms with Gasteiger partial charge in [0.2, 0.25) is 0 Å². The lowest BCUT2D eigenvalue weighted by atomic mass is 9.86. The lowest BCUT2D eigenvalue weighted by Crippen LogP contribution is -2.34. The number of aromatic nitrogens is 1. The van der Waals surface area contributed by atoms with Crippen molar-refractivity contribution in [3.8, 4) is 0 Å². The molecule has 34 heavy (non-hydrogen) atoms. The number of nitrogens with zero attached hydrogens (tertiary/aromatic N) is 2. The minimum atomic E-state index is -1.26. The molecule has 3 aromatic rings. The van der Waals surface area contributed by atoms with E-state index >= 15 is 0 Å². The highest BCUT2D eigenvalue weighted by atomic mass is 19.1. The average Bonchev–Trinajstić information content (AvgIpc) is 3.22. The molecule has 2 heterocycles. The molecule has 5 rings (SSSR count). The van der Waals surface area contributed by atoms with Crippen molar-refractivity contribution >= 4 is 34.6 Å². The van der Waals surface area contributed by atoms with E-state index in [0.29, 0.717) is 23.7 Å². The molecule has 0 bridgehead atoms. The summed E-state index contributed by atoms with van der Waals surface area (Å²) in [5.74, 6) is -2.39. The number of aliphatic carboxylic acids is 2. The Morgan fingerprint density at radius 3 is 2.47 bits per heavy atom. The van der Waals surface area contributed by atoms with Crippen molar-refractivity contribution in [2.24, 2.45) is 0 Å². The van der Waals surface area contributed by atoms with Gasteiger partial charge in [0, 0.05) is 36.1 Å². The van der Waals surface area contributed by atoms with Crippen LogP contribution in [0.25, 0.3) is 22.6 Å². The van der Waals surface area contributed by atoms with E-state index in [1.807, 2.05) is 0 Å². The van der Waals surface area contributed by atoms with Gasteiger partial charge in [-0.05, 0) is 61.2 Å². The molecular weight excluding hydrogens is 439 g/mol. The molecule has 1 aliphatic heterocycles. The van der Waals surface area contributed by atoms with E-state index in [9.17, 15) is 14.0 Å². The van der Waals surface area contributed by atoms with E-state index in [1.54, 1.807) is 6.07 Å². The Kier molecular flexibility index (Phi) is 7.18. The first-order valence-corrected chi connectivity index (χ1v) is 11.1. The van der Waals surface area contributed by atoms with Crippen LogP contribution in [-0.4, -0.2) is 51.8 Å². The molecule has 0 amide bonds. The number of fused-ring (bicyclic) bond motifs is 2.